The zero-order valence-electron chi connectivity index (χ0n) is 22.2. The molecular weight excluding hydrogens is 523 g/mol. The van der Waals surface area contributed by atoms with Crippen LogP contribution in [0.25, 0.3) is 11.0 Å². The van der Waals surface area contributed by atoms with E-state index in [4.69, 9.17) is 4.74 Å². The van der Waals surface area contributed by atoms with Gasteiger partial charge in [-0.15, -0.1) is 13.2 Å². The number of fused-ring (bicyclic) bond motifs is 1. The van der Waals surface area contributed by atoms with Crippen LogP contribution in [0.4, 0.5) is 24.8 Å². The molecule has 1 saturated heterocycles. The lowest BCUT2D eigenvalue weighted by Crippen LogP contribution is -2.35. The Morgan fingerprint density at radius 1 is 1.20 bits per heavy atom. The summed E-state index contributed by atoms with van der Waals surface area (Å²) in [5, 5.41) is 3.57. The molecule has 12 heteroatoms. The number of anilines is 2. The average Bonchev–Trinajstić information content (AvgIpc) is 3.39. The molecule has 208 valence electrons. The topological polar surface area (TPSA) is 90.1 Å². The lowest BCUT2D eigenvalue weighted by Gasteiger charge is -2.30. The summed E-state index contributed by atoms with van der Waals surface area (Å²) in [5.74, 6) is 5.59. The van der Waals surface area contributed by atoms with Crippen molar-refractivity contribution in [3.63, 3.8) is 0 Å². The molecule has 3 aromatic heterocycles. The molecule has 0 aliphatic carbocycles. The first kappa shape index (κ1) is 27.4. The normalized spacial score (nSPS) is 16.2. The van der Waals surface area contributed by atoms with Crippen LogP contribution in [0.1, 0.15) is 36.9 Å². The molecule has 1 aliphatic heterocycles. The summed E-state index contributed by atoms with van der Waals surface area (Å²) in [6.45, 7) is 5.66. The van der Waals surface area contributed by atoms with Crippen molar-refractivity contribution in [2.24, 2.45) is 5.92 Å². The van der Waals surface area contributed by atoms with Gasteiger partial charge in [0, 0.05) is 48.7 Å². The molecule has 1 fully saturated rings. The van der Waals surface area contributed by atoms with E-state index in [0.29, 0.717) is 17.7 Å². The summed E-state index contributed by atoms with van der Waals surface area (Å²) in [7, 11) is 2.05. The molecule has 1 aliphatic rings. The molecule has 4 heterocycles. The van der Waals surface area contributed by atoms with Gasteiger partial charge < -0.3 is 15.0 Å². The molecule has 0 saturated carbocycles. The fourth-order valence-corrected chi connectivity index (χ4v) is 4.39. The van der Waals surface area contributed by atoms with Crippen LogP contribution < -0.4 is 10.9 Å². The summed E-state index contributed by atoms with van der Waals surface area (Å²) in [6.07, 6.45) is -1.34. The van der Waals surface area contributed by atoms with E-state index in [-0.39, 0.29) is 39.6 Å². The van der Waals surface area contributed by atoms with Crippen molar-refractivity contribution in [1.82, 2.24) is 29.0 Å². The number of rotatable bonds is 5. The molecule has 1 N–H and O–H groups in total. The molecule has 1 aromatic carbocycles. The smallest absolute Gasteiger partial charge is 0.371 e. The Labute approximate surface area is 228 Å². The zero-order valence-corrected chi connectivity index (χ0v) is 22.2. The fourth-order valence-electron chi connectivity index (χ4n) is 4.39. The molecule has 0 spiro atoms. The van der Waals surface area contributed by atoms with Gasteiger partial charge in [-0.2, -0.15) is 4.98 Å². The quantitative estimate of drug-likeness (QED) is 0.371. The van der Waals surface area contributed by atoms with Crippen LogP contribution >= 0.6 is 0 Å². The first-order valence-electron chi connectivity index (χ1n) is 12.8. The number of hydrogen-bond acceptors (Lipinski definition) is 7. The van der Waals surface area contributed by atoms with E-state index < -0.39 is 18.4 Å². The van der Waals surface area contributed by atoms with Crippen LogP contribution in [0.15, 0.2) is 53.7 Å². The van der Waals surface area contributed by atoms with Crippen LogP contribution in [-0.2, 0) is 17.6 Å². The monoisotopic (exact) mass is 551 g/mol. The lowest BCUT2D eigenvalue weighted by atomic mass is 10.1. The highest BCUT2D eigenvalue weighted by atomic mass is 19.4. The van der Waals surface area contributed by atoms with Gasteiger partial charge in [0.05, 0.1) is 24.8 Å². The Balaban J connectivity index is 1.50. The summed E-state index contributed by atoms with van der Waals surface area (Å²) < 4.78 is 47.7. The zero-order chi connectivity index (χ0) is 28.4. The van der Waals surface area contributed by atoms with E-state index in [9.17, 15) is 18.0 Å². The third kappa shape index (κ3) is 6.00. The lowest BCUT2D eigenvalue weighted by molar-refractivity contribution is -0.205. The number of alkyl halides is 3. The van der Waals surface area contributed by atoms with Crippen molar-refractivity contribution in [2.75, 3.05) is 32.1 Å². The minimum absolute atomic E-state index is 0.00697. The Bertz CT molecular complexity index is 1630. The third-order valence-corrected chi connectivity index (χ3v) is 6.42. The number of nitrogens with zero attached hydrogens (tertiary/aromatic N) is 6. The highest BCUT2D eigenvalue weighted by Gasteiger charge is 2.33. The predicted molar refractivity (Wildman–Crippen MR) is 144 cm³/mol. The maximum atomic E-state index is 13.5. The largest absolute Gasteiger partial charge is 0.489 e. The van der Waals surface area contributed by atoms with Crippen LogP contribution in [-0.4, -0.2) is 55.7 Å². The van der Waals surface area contributed by atoms with Gasteiger partial charge in [0.2, 0.25) is 5.95 Å². The number of halogens is 3. The summed E-state index contributed by atoms with van der Waals surface area (Å²) in [4.78, 5) is 28.3. The molecule has 0 amide bonds. The number of pyridine rings is 1. The average molecular weight is 552 g/mol. The van der Waals surface area contributed by atoms with Gasteiger partial charge >= 0.3 is 6.30 Å². The van der Waals surface area contributed by atoms with Gasteiger partial charge in [-0.05, 0) is 30.8 Å². The van der Waals surface area contributed by atoms with Crippen LogP contribution in [0, 0.1) is 17.8 Å². The second-order valence-corrected chi connectivity index (χ2v) is 9.90. The molecule has 5 rings (SSSR count). The molecule has 40 heavy (non-hydrogen) atoms. The minimum atomic E-state index is -4.69. The maximum Gasteiger partial charge on any atom is 0.489 e. The first-order valence-corrected chi connectivity index (χ1v) is 12.8. The van der Waals surface area contributed by atoms with Gasteiger partial charge in [0.25, 0.3) is 5.56 Å². The highest BCUT2D eigenvalue weighted by molar-refractivity contribution is 5.77. The van der Waals surface area contributed by atoms with Crippen molar-refractivity contribution in [3.8, 4) is 11.8 Å². The Kier molecular flexibility index (Phi) is 7.60. The molecule has 9 nitrogen and oxygen atoms in total. The van der Waals surface area contributed by atoms with E-state index in [1.54, 1.807) is 6.07 Å². The van der Waals surface area contributed by atoms with Gasteiger partial charge in [-0.1, -0.05) is 37.8 Å². The second kappa shape index (κ2) is 11.1. The molecule has 1 atom stereocenters. The van der Waals surface area contributed by atoms with Gasteiger partial charge in [0.15, 0.2) is 0 Å². The fraction of sp³-hybridized carbons (Fsp3) is 0.357. The number of imidazole rings is 1. The number of ether oxygens (including phenoxy) is 1. The summed E-state index contributed by atoms with van der Waals surface area (Å²) in [6, 6.07) is 9.22. The molecule has 0 radical (unpaired) electrons. The molecular formula is C28H28F3N7O2. The Hall–Kier alpha value is -4.21. The van der Waals surface area contributed by atoms with Crippen LogP contribution in [0.3, 0.4) is 0 Å². The van der Waals surface area contributed by atoms with Gasteiger partial charge in [-0.3, -0.25) is 9.36 Å². The number of hydrogen-bond donors (Lipinski definition) is 1. The van der Waals surface area contributed by atoms with E-state index >= 15 is 0 Å². The second-order valence-electron chi connectivity index (χ2n) is 9.90. The number of likely N-dealkylation sites (N-methyl/N-ethyl adjacent to an activating group) is 1. The van der Waals surface area contributed by atoms with Gasteiger partial charge in [-0.25, -0.2) is 14.5 Å². The maximum absolute atomic E-state index is 13.5. The summed E-state index contributed by atoms with van der Waals surface area (Å²) >= 11 is 0. The van der Waals surface area contributed by atoms with Crippen molar-refractivity contribution in [1.29, 1.82) is 0 Å². The Morgan fingerprint density at radius 2 is 1.98 bits per heavy atom. The predicted octanol–water partition coefficient (Wildman–Crippen LogP) is 4.27. The van der Waals surface area contributed by atoms with E-state index in [1.165, 1.54) is 6.20 Å². The van der Waals surface area contributed by atoms with Gasteiger partial charge in [0.1, 0.15) is 11.5 Å². The van der Waals surface area contributed by atoms with Crippen LogP contribution in [0.2, 0.25) is 0 Å². The standard InChI is InChI=1S/C28H28F3N7O2/c1-18(2)4-5-20-14-21-15-33-27(34-22-8-6-19(7-9-22)23-16-36(3)12-13-40-23)35-25(21)37(26(20)39)17-24-32-10-11-38(24)28(29,30)31/h6-11,14-15,18,23H,12-13,16-17H2,1-3H3,(H,33,34,35). The molecule has 0 bridgehead atoms. The third-order valence-electron chi connectivity index (χ3n) is 6.42. The van der Waals surface area contributed by atoms with Crippen molar-refractivity contribution >= 4 is 22.7 Å². The van der Waals surface area contributed by atoms with Crippen molar-refractivity contribution in [2.45, 2.75) is 32.8 Å². The minimum Gasteiger partial charge on any atom is -0.371 e. The van der Waals surface area contributed by atoms with Crippen molar-refractivity contribution in [3.05, 3.63) is 76.2 Å². The number of morpholine rings is 1. The Morgan fingerprint density at radius 3 is 2.67 bits per heavy atom. The highest BCUT2D eigenvalue weighted by Crippen LogP contribution is 2.26. The number of benzene rings is 1. The van der Waals surface area contributed by atoms with E-state index in [1.807, 2.05) is 38.1 Å². The van der Waals surface area contributed by atoms with E-state index in [0.717, 1.165) is 35.6 Å². The summed E-state index contributed by atoms with van der Waals surface area (Å²) in [5.41, 5.74) is 1.48. The van der Waals surface area contributed by atoms with E-state index in [2.05, 4.69) is 44.1 Å². The first-order chi connectivity index (χ1) is 19.1. The SMILES string of the molecule is CC(C)C#Cc1cc2cnc(Nc3ccc(C4CN(C)CCO4)cc3)nc2n(Cc2nccn2C(F)(F)F)c1=O. The number of nitrogens with one attached hydrogen (secondary N) is 1. The van der Waals surface area contributed by atoms with Crippen LogP contribution in [0.5, 0.6) is 0 Å². The van der Waals surface area contributed by atoms with Crippen molar-refractivity contribution < 1.29 is 17.9 Å². The number of aromatic nitrogens is 5. The molecule has 4 aromatic rings. The molecule has 1 unspecified atom stereocenters.